The maximum atomic E-state index is 6.01. The predicted molar refractivity (Wildman–Crippen MR) is 114 cm³/mol. The van der Waals surface area contributed by atoms with E-state index in [0.29, 0.717) is 29.7 Å². The molecule has 0 aliphatic heterocycles. The molecular formula is C22H29NO3S. The Morgan fingerprint density at radius 3 is 2.15 bits per heavy atom. The van der Waals surface area contributed by atoms with E-state index in [9.17, 15) is 0 Å². The Hall–Kier alpha value is -2.27. The lowest BCUT2D eigenvalue weighted by atomic mass is 9.85. The molecule has 0 saturated heterocycles. The molecular weight excluding hydrogens is 358 g/mol. The summed E-state index contributed by atoms with van der Waals surface area (Å²) in [6, 6.07) is 11.8. The lowest BCUT2D eigenvalue weighted by Gasteiger charge is -2.24. The van der Waals surface area contributed by atoms with Gasteiger partial charge in [0.1, 0.15) is 24.0 Å². The Labute approximate surface area is 167 Å². The van der Waals surface area contributed by atoms with Gasteiger partial charge >= 0.3 is 0 Å². The minimum atomic E-state index is 0.0149. The van der Waals surface area contributed by atoms with Crippen molar-refractivity contribution < 1.29 is 14.2 Å². The van der Waals surface area contributed by atoms with Gasteiger partial charge in [0, 0.05) is 5.56 Å². The van der Waals surface area contributed by atoms with Crippen LogP contribution in [0.4, 0.5) is 0 Å². The first-order valence-electron chi connectivity index (χ1n) is 9.13. The van der Waals surface area contributed by atoms with Gasteiger partial charge in [0.2, 0.25) is 0 Å². The molecule has 2 aromatic carbocycles. The van der Waals surface area contributed by atoms with Crippen LogP contribution in [0.1, 0.15) is 44.4 Å². The Morgan fingerprint density at radius 2 is 1.59 bits per heavy atom. The fourth-order valence-electron chi connectivity index (χ4n) is 2.75. The van der Waals surface area contributed by atoms with Crippen molar-refractivity contribution in [2.45, 2.75) is 39.5 Å². The third-order valence-electron chi connectivity index (χ3n) is 4.31. The van der Waals surface area contributed by atoms with E-state index in [2.05, 4.69) is 45.9 Å². The second-order valence-electron chi connectivity index (χ2n) is 7.36. The summed E-state index contributed by atoms with van der Waals surface area (Å²) in [5.74, 6) is 2.14. The zero-order valence-corrected chi connectivity index (χ0v) is 17.6. The van der Waals surface area contributed by atoms with E-state index >= 15 is 0 Å². The zero-order valence-electron chi connectivity index (χ0n) is 16.8. The highest BCUT2D eigenvalue weighted by Gasteiger charge is 2.19. The minimum Gasteiger partial charge on any atom is -0.493 e. The summed E-state index contributed by atoms with van der Waals surface area (Å²) in [4.78, 5) is 0.327. The first kappa shape index (κ1) is 21.0. The van der Waals surface area contributed by atoms with Crippen molar-refractivity contribution in [2.24, 2.45) is 5.73 Å². The number of benzene rings is 2. The van der Waals surface area contributed by atoms with E-state index in [1.165, 1.54) is 11.1 Å². The number of rotatable bonds is 8. The molecule has 0 radical (unpaired) electrons. The van der Waals surface area contributed by atoms with Gasteiger partial charge in [0.05, 0.1) is 7.11 Å². The molecule has 2 aromatic rings. The normalized spacial score (nSPS) is 11.1. The van der Waals surface area contributed by atoms with E-state index < -0.39 is 0 Å². The van der Waals surface area contributed by atoms with Gasteiger partial charge in [0.25, 0.3) is 0 Å². The summed E-state index contributed by atoms with van der Waals surface area (Å²) in [5, 5.41) is 0. The number of methoxy groups -OCH3 is 1. The monoisotopic (exact) mass is 387 g/mol. The van der Waals surface area contributed by atoms with Crippen LogP contribution >= 0.6 is 12.2 Å². The predicted octanol–water partition coefficient (Wildman–Crippen LogP) is 4.65. The highest BCUT2D eigenvalue weighted by molar-refractivity contribution is 7.80. The van der Waals surface area contributed by atoms with Crippen molar-refractivity contribution in [3.8, 4) is 17.2 Å². The van der Waals surface area contributed by atoms with E-state index in [4.69, 9.17) is 32.2 Å². The summed E-state index contributed by atoms with van der Waals surface area (Å²) in [6.07, 6.45) is 1.01. The number of ether oxygens (including phenoxy) is 3. The third kappa shape index (κ3) is 5.60. The van der Waals surface area contributed by atoms with Crippen LogP contribution in [0, 0.1) is 0 Å². The molecule has 0 aromatic heterocycles. The highest BCUT2D eigenvalue weighted by atomic mass is 32.1. The van der Waals surface area contributed by atoms with Gasteiger partial charge in [-0.2, -0.15) is 0 Å². The fraction of sp³-hybridized carbons (Fsp3) is 0.409. The zero-order chi connectivity index (χ0) is 20.0. The van der Waals surface area contributed by atoms with Gasteiger partial charge in [-0.25, -0.2) is 0 Å². The molecule has 0 atom stereocenters. The van der Waals surface area contributed by atoms with Crippen molar-refractivity contribution in [3.63, 3.8) is 0 Å². The van der Waals surface area contributed by atoms with E-state index in [-0.39, 0.29) is 5.41 Å². The molecule has 5 heteroatoms. The average Bonchev–Trinajstić information content (AvgIpc) is 2.64. The summed E-state index contributed by atoms with van der Waals surface area (Å²) in [5.41, 5.74) is 8.94. The van der Waals surface area contributed by atoms with Crippen molar-refractivity contribution in [2.75, 3.05) is 20.3 Å². The van der Waals surface area contributed by atoms with Gasteiger partial charge in [-0.3, -0.25) is 0 Å². The van der Waals surface area contributed by atoms with Gasteiger partial charge < -0.3 is 19.9 Å². The molecule has 0 saturated carbocycles. The Balaban J connectivity index is 2.02. The van der Waals surface area contributed by atoms with E-state index in [1.807, 2.05) is 12.1 Å². The van der Waals surface area contributed by atoms with Crippen LogP contribution in [-0.2, 0) is 11.8 Å². The van der Waals surface area contributed by atoms with Crippen LogP contribution in [0.2, 0.25) is 0 Å². The topological polar surface area (TPSA) is 53.7 Å². The molecule has 146 valence electrons. The first-order chi connectivity index (χ1) is 12.8. The SMILES string of the molecule is CCc1ccc(OCCOc2ccc(C(N)=S)cc2OC)c(C(C)(C)C)c1. The van der Waals surface area contributed by atoms with Crippen molar-refractivity contribution >= 4 is 17.2 Å². The van der Waals surface area contributed by atoms with Crippen LogP contribution in [-0.4, -0.2) is 25.3 Å². The largest absolute Gasteiger partial charge is 0.493 e. The molecule has 0 amide bonds. The van der Waals surface area contributed by atoms with E-state index in [0.717, 1.165) is 17.7 Å². The van der Waals surface area contributed by atoms with Gasteiger partial charge in [-0.05, 0) is 47.2 Å². The standard InChI is InChI=1S/C22H29NO3S/c1-6-15-7-9-18(17(13-15)22(2,3)4)25-11-12-26-19-10-8-16(21(23)27)14-20(19)24-5/h7-10,13-14H,6,11-12H2,1-5H3,(H2,23,27). The van der Waals surface area contributed by atoms with Crippen molar-refractivity contribution in [1.82, 2.24) is 0 Å². The molecule has 0 fully saturated rings. The molecule has 0 aliphatic carbocycles. The van der Waals surface area contributed by atoms with Crippen LogP contribution < -0.4 is 19.9 Å². The second kappa shape index (κ2) is 9.09. The third-order valence-corrected chi connectivity index (χ3v) is 4.54. The van der Waals surface area contributed by atoms with Gasteiger partial charge in [-0.15, -0.1) is 0 Å². The lowest BCUT2D eigenvalue weighted by Crippen LogP contribution is -2.16. The molecule has 0 heterocycles. The van der Waals surface area contributed by atoms with E-state index in [1.54, 1.807) is 13.2 Å². The number of hydrogen-bond acceptors (Lipinski definition) is 4. The van der Waals surface area contributed by atoms with Crippen LogP contribution in [0.25, 0.3) is 0 Å². The van der Waals surface area contributed by atoms with Crippen LogP contribution in [0.15, 0.2) is 36.4 Å². The Kier molecular flexibility index (Phi) is 7.08. The smallest absolute Gasteiger partial charge is 0.161 e. The average molecular weight is 388 g/mol. The maximum absolute atomic E-state index is 6.01. The first-order valence-corrected chi connectivity index (χ1v) is 9.54. The molecule has 27 heavy (non-hydrogen) atoms. The van der Waals surface area contributed by atoms with Crippen molar-refractivity contribution in [3.05, 3.63) is 53.1 Å². The van der Waals surface area contributed by atoms with Gasteiger partial charge in [-0.1, -0.05) is 52.0 Å². The fourth-order valence-corrected chi connectivity index (χ4v) is 2.88. The Morgan fingerprint density at radius 1 is 0.963 bits per heavy atom. The summed E-state index contributed by atoms with van der Waals surface area (Å²) < 4.78 is 17.2. The van der Waals surface area contributed by atoms with Gasteiger partial charge in [0.15, 0.2) is 11.5 Å². The molecule has 0 unspecified atom stereocenters. The summed E-state index contributed by atoms with van der Waals surface area (Å²) in [6.45, 7) is 9.58. The second-order valence-corrected chi connectivity index (χ2v) is 7.80. The molecule has 2 N–H and O–H groups in total. The molecule has 0 aliphatic rings. The number of thiocarbonyl (C=S) groups is 1. The molecule has 2 rings (SSSR count). The molecule has 0 spiro atoms. The van der Waals surface area contributed by atoms with Crippen LogP contribution in [0.5, 0.6) is 17.2 Å². The lowest BCUT2D eigenvalue weighted by molar-refractivity contribution is 0.208. The van der Waals surface area contributed by atoms with Crippen LogP contribution in [0.3, 0.4) is 0 Å². The number of hydrogen-bond donors (Lipinski definition) is 1. The highest BCUT2D eigenvalue weighted by Crippen LogP contribution is 2.32. The summed E-state index contributed by atoms with van der Waals surface area (Å²) in [7, 11) is 1.59. The Bertz CT molecular complexity index is 797. The minimum absolute atomic E-state index is 0.0149. The number of aryl methyl sites for hydroxylation is 1. The maximum Gasteiger partial charge on any atom is 0.161 e. The number of nitrogens with two attached hydrogens (primary N) is 1. The quantitative estimate of drug-likeness (QED) is 0.528. The molecule has 4 nitrogen and oxygen atoms in total. The molecule has 0 bridgehead atoms. The van der Waals surface area contributed by atoms with Crippen molar-refractivity contribution in [1.29, 1.82) is 0 Å². The summed E-state index contributed by atoms with van der Waals surface area (Å²) >= 11 is 4.99.